The highest BCUT2D eigenvalue weighted by atomic mass is 35.5. The summed E-state index contributed by atoms with van der Waals surface area (Å²) >= 11 is 5.95. The first-order valence-corrected chi connectivity index (χ1v) is 7.35. The fraction of sp³-hybridized carbons (Fsp3) is 0.467. The zero-order valence-electron chi connectivity index (χ0n) is 11.4. The normalized spacial score (nSPS) is 22.4. The van der Waals surface area contributed by atoms with E-state index in [-0.39, 0.29) is 18.4 Å². The van der Waals surface area contributed by atoms with Crippen LogP contribution in [0.2, 0.25) is 5.02 Å². The Morgan fingerprint density at radius 3 is 2.76 bits per heavy atom. The Hall–Kier alpha value is -1.75. The van der Waals surface area contributed by atoms with Crippen molar-refractivity contribution < 1.29 is 19.4 Å². The van der Waals surface area contributed by atoms with Crippen molar-refractivity contribution in [3.05, 3.63) is 28.8 Å². The van der Waals surface area contributed by atoms with Crippen LogP contribution < -0.4 is 10.1 Å². The predicted octanol–water partition coefficient (Wildman–Crippen LogP) is 2.01. The lowest BCUT2D eigenvalue weighted by atomic mass is 9.76. The van der Waals surface area contributed by atoms with Gasteiger partial charge in [0.2, 0.25) is 5.91 Å². The molecule has 0 aromatic heterocycles. The quantitative estimate of drug-likeness (QED) is 0.895. The number of aliphatic carboxylic acids is 1. The number of hydrogen-bond acceptors (Lipinski definition) is 3. The molecule has 1 amide bonds. The van der Waals surface area contributed by atoms with Gasteiger partial charge in [0, 0.05) is 5.02 Å². The second kappa shape index (κ2) is 5.22. The Balaban J connectivity index is 1.71. The van der Waals surface area contributed by atoms with Gasteiger partial charge in [-0.05, 0) is 49.4 Å². The van der Waals surface area contributed by atoms with Crippen molar-refractivity contribution in [2.45, 2.75) is 31.2 Å². The highest BCUT2D eigenvalue weighted by Crippen LogP contribution is 2.34. The average Bonchev–Trinajstić information content (AvgIpc) is 2.41. The standard InChI is InChI=1S/C15H16ClNO4/c16-11-2-3-12-9(7-11)6-10(8-21-12)13(18)17-15(14(19)20)4-1-5-15/h2-3,7,10H,1,4-6,8H2,(H,17,18)(H,19,20)/t10-/m1/s1. The van der Waals surface area contributed by atoms with Crippen molar-refractivity contribution >= 4 is 23.5 Å². The monoisotopic (exact) mass is 309 g/mol. The van der Waals surface area contributed by atoms with Crippen LogP contribution in [0.3, 0.4) is 0 Å². The van der Waals surface area contributed by atoms with Crippen LogP contribution >= 0.6 is 11.6 Å². The summed E-state index contributed by atoms with van der Waals surface area (Å²) in [6.45, 7) is 0.260. The van der Waals surface area contributed by atoms with Gasteiger partial charge in [0.25, 0.3) is 0 Å². The molecule has 112 valence electrons. The topological polar surface area (TPSA) is 75.6 Å². The molecule has 6 heteroatoms. The molecule has 0 saturated heterocycles. The van der Waals surface area contributed by atoms with Crippen LogP contribution in [0.15, 0.2) is 18.2 Å². The van der Waals surface area contributed by atoms with E-state index in [1.807, 2.05) is 0 Å². The van der Waals surface area contributed by atoms with Crippen LogP contribution in [-0.2, 0) is 16.0 Å². The summed E-state index contributed by atoms with van der Waals surface area (Å²) in [6.07, 6.45) is 2.32. The number of hydrogen-bond donors (Lipinski definition) is 2. The number of carboxylic acids is 1. The molecule has 21 heavy (non-hydrogen) atoms. The van der Waals surface area contributed by atoms with E-state index in [0.29, 0.717) is 24.3 Å². The summed E-state index contributed by atoms with van der Waals surface area (Å²) in [5.41, 5.74) is -0.196. The molecule has 0 bridgehead atoms. The number of halogens is 1. The minimum Gasteiger partial charge on any atom is -0.492 e. The van der Waals surface area contributed by atoms with Crippen LogP contribution in [0.4, 0.5) is 0 Å². The SMILES string of the molecule is O=C(NC1(C(=O)O)CCC1)[C@H]1COc2ccc(Cl)cc2C1. The second-order valence-electron chi connectivity index (χ2n) is 5.69. The van der Waals surface area contributed by atoms with Crippen LogP contribution in [0.1, 0.15) is 24.8 Å². The third kappa shape index (κ3) is 2.58. The van der Waals surface area contributed by atoms with E-state index in [1.54, 1.807) is 18.2 Å². The Morgan fingerprint density at radius 1 is 1.38 bits per heavy atom. The number of carbonyl (C=O) groups is 2. The van der Waals surface area contributed by atoms with E-state index in [9.17, 15) is 14.7 Å². The maximum absolute atomic E-state index is 12.3. The van der Waals surface area contributed by atoms with Gasteiger partial charge in [0.1, 0.15) is 17.9 Å². The van der Waals surface area contributed by atoms with E-state index in [1.165, 1.54) is 0 Å². The molecular weight excluding hydrogens is 294 g/mol. The minimum absolute atomic E-state index is 0.260. The zero-order chi connectivity index (χ0) is 15.0. The van der Waals surface area contributed by atoms with Crippen molar-refractivity contribution in [3.8, 4) is 5.75 Å². The lowest BCUT2D eigenvalue weighted by Gasteiger charge is -2.39. The summed E-state index contributed by atoms with van der Waals surface area (Å²) in [7, 11) is 0. The summed E-state index contributed by atoms with van der Waals surface area (Å²) in [4.78, 5) is 23.6. The summed E-state index contributed by atoms with van der Waals surface area (Å²) in [5, 5.41) is 12.6. The third-order valence-corrected chi connectivity index (χ3v) is 4.51. The maximum Gasteiger partial charge on any atom is 0.329 e. The molecule has 1 heterocycles. The summed E-state index contributed by atoms with van der Waals surface area (Å²) in [6, 6.07) is 5.32. The number of rotatable bonds is 3. The molecule has 5 nitrogen and oxygen atoms in total. The Kier molecular flexibility index (Phi) is 3.53. The van der Waals surface area contributed by atoms with E-state index >= 15 is 0 Å². The van der Waals surface area contributed by atoms with Gasteiger partial charge in [0.15, 0.2) is 0 Å². The van der Waals surface area contributed by atoms with Crippen LogP contribution in [0.5, 0.6) is 5.75 Å². The first-order valence-electron chi connectivity index (χ1n) is 6.97. The maximum atomic E-state index is 12.3. The van der Waals surface area contributed by atoms with Gasteiger partial charge in [-0.3, -0.25) is 4.79 Å². The van der Waals surface area contributed by atoms with Crippen molar-refractivity contribution in [2.75, 3.05) is 6.61 Å². The fourth-order valence-corrected chi connectivity index (χ4v) is 2.99. The second-order valence-corrected chi connectivity index (χ2v) is 6.13. The molecular formula is C15H16ClNO4. The van der Waals surface area contributed by atoms with Crippen LogP contribution in [-0.4, -0.2) is 29.1 Å². The van der Waals surface area contributed by atoms with Gasteiger partial charge < -0.3 is 15.2 Å². The largest absolute Gasteiger partial charge is 0.492 e. The Labute approximate surface area is 127 Å². The lowest BCUT2D eigenvalue weighted by molar-refractivity contribution is -0.152. The van der Waals surface area contributed by atoms with Crippen LogP contribution in [0, 0.1) is 5.92 Å². The van der Waals surface area contributed by atoms with Gasteiger partial charge in [-0.1, -0.05) is 11.6 Å². The smallest absolute Gasteiger partial charge is 0.329 e. The van der Waals surface area contributed by atoms with Crippen LogP contribution in [0.25, 0.3) is 0 Å². The first-order chi connectivity index (χ1) is 10.00. The third-order valence-electron chi connectivity index (χ3n) is 4.28. The van der Waals surface area contributed by atoms with E-state index < -0.39 is 11.5 Å². The van der Waals surface area contributed by atoms with E-state index in [0.717, 1.165) is 17.7 Å². The van der Waals surface area contributed by atoms with E-state index in [2.05, 4.69) is 5.32 Å². The molecule has 1 aromatic rings. The number of carbonyl (C=O) groups excluding carboxylic acids is 1. The summed E-state index contributed by atoms with van der Waals surface area (Å²) in [5.74, 6) is -0.863. The number of benzene rings is 1. The molecule has 2 N–H and O–H groups in total. The van der Waals surface area contributed by atoms with Gasteiger partial charge in [-0.2, -0.15) is 0 Å². The minimum atomic E-state index is -1.08. The predicted molar refractivity (Wildman–Crippen MR) is 76.5 cm³/mol. The van der Waals surface area contributed by atoms with Gasteiger partial charge in [-0.25, -0.2) is 4.79 Å². The molecule has 1 saturated carbocycles. The highest BCUT2D eigenvalue weighted by Gasteiger charge is 2.46. The zero-order valence-corrected chi connectivity index (χ0v) is 12.2. The first kappa shape index (κ1) is 14.2. The van der Waals surface area contributed by atoms with Gasteiger partial charge in [-0.15, -0.1) is 0 Å². The number of nitrogens with one attached hydrogen (secondary N) is 1. The lowest BCUT2D eigenvalue weighted by Crippen LogP contribution is -2.60. The molecule has 1 fully saturated rings. The van der Waals surface area contributed by atoms with Crippen molar-refractivity contribution in [1.29, 1.82) is 0 Å². The molecule has 2 aliphatic rings. The number of carboxylic acid groups (broad SMARTS) is 1. The Morgan fingerprint density at radius 2 is 2.14 bits per heavy atom. The average molecular weight is 310 g/mol. The fourth-order valence-electron chi connectivity index (χ4n) is 2.79. The molecule has 1 atom stereocenters. The number of ether oxygens (including phenoxy) is 1. The van der Waals surface area contributed by atoms with Gasteiger partial charge >= 0.3 is 5.97 Å². The molecule has 1 aromatic carbocycles. The molecule has 3 rings (SSSR count). The van der Waals surface area contributed by atoms with E-state index in [4.69, 9.17) is 16.3 Å². The molecule has 0 radical (unpaired) electrons. The molecule has 1 aliphatic carbocycles. The molecule has 1 aliphatic heterocycles. The molecule has 0 spiro atoms. The highest BCUT2D eigenvalue weighted by molar-refractivity contribution is 6.30. The van der Waals surface area contributed by atoms with Gasteiger partial charge in [0.05, 0.1) is 5.92 Å². The van der Waals surface area contributed by atoms with Crippen molar-refractivity contribution in [2.24, 2.45) is 5.92 Å². The number of amides is 1. The Bertz CT molecular complexity index is 597. The van der Waals surface area contributed by atoms with Crippen molar-refractivity contribution in [3.63, 3.8) is 0 Å². The number of fused-ring (bicyclic) bond motifs is 1. The van der Waals surface area contributed by atoms with Crippen molar-refractivity contribution in [1.82, 2.24) is 5.32 Å². The molecule has 0 unspecified atom stereocenters. The summed E-state index contributed by atoms with van der Waals surface area (Å²) < 4.78 is 5.57.